The molecule has 1 N–H and O–H groups in total. The molecule has 0 aliphatic carbocycles. The van der Waals surface area contributed by atoms with E-state index in [0.29, 0.717) is 6.42 Å². The number of hydrogen-bond acceptors (Lipinski definition) is 4. The molecular weight excluding hydrogens is 356 g/mol. The van der Waals surface area contributed by atoms with Crippen LogP contribution in [0.3, 0.4) is 0 Å². The van der Waals surface area contributed by atoms with Gasteiger partial charge in [-0.15, -0.1) is 0 Å². The fourth-order valence-electron chi connectivity index (χ4n) is 2.25. The molecule has 1 aromatic carbocycles. The largest absolute Gasteiger partial charge is 0.444 e. The number of nitrogens with zero attached hydrogens (tertiary/aromatic N) is 1. The monoisotopic (exact) mass is 390 g/mol. The van der Waals surface area contributed by atoms with Crippen molar-refractivity contribution in [3.63, 3.8) is 0 Å². The van der Waals surface area contributed by atoms with Crippen LogP contribution in [0.4, 0.5) is 4.79 Å². The van der Waals surface area contributed by atoms with E-state index in [9.17, 15) is 10.1 Å². The molecule has 0 saturated heterocycles. The van der Waals surface area contributed by atoms with Crippen molar-refractivity contribution in [1.29, 1.82) is 5.26 Å². The lowest BCUT2D eigenvalue weighted by Crippen LogP contribution is -2.52. The first-order valence-electron chi connectivity index (χ1n) is 9.36. The molecule has 0 aliphatic rings. The van der Waals surface area contributed by atoms with Gasteiger partial charge in [0.25, 0.3) is 0 Å². The van der Waals surface area contributed by atoms with Crippen molar-refractivity contribution in [2.45, 2.75) is 83.8 Å². The molecule has 0 bridgehead atoms. The van der Waals surface area contributed by atoms with Gasteiger partial charge in [0, 0.05) is 0 Å². The van der Waals surface area contributed by atoms with Crippen molar-refractivity contribution in [2.24, 2.45) is 0 Å². The first-order chi connectivity index (χ1) is 12.2. The highest BCUT2D eigenvalue weighted by molar-refractivity contribution is 6.74. The average molecular weight is 391 g/mol. The fourth-order valence-corrected chi connectivity index (χ4v) is 3.46. The molecular formula is C21H34N2O3Si. The van der Waals surface area contributed by atoms with Gasteiger partial charge in [0.2, 0.25) is 0 Å². The highest BCUT2D eigenvalue weighted by Gasteiger charge is 2.41. The molecule has 6 heteroatoms. The molecule has 1 aromatic rings. The van der Waals surface area contributed by atoms with Crippen LogP contribution in [0, 0.1) is 11.3 Å². The van der Waals surface area contributed by atoms with Crippen LogP contribution < -0.4 is 5.32 Å². The fraction of sp³-hybridized carbons (Fsp3) is 0.619. The third-order valence-electron chi connectivity index (χ3n) is 4.72. The summed E-state index contributed by atoms with van der Waals surface area (Å²) in [5, 5.41) is 12.6. The minimum Gasteiger partial charge on any atom is -0.444 e. The molecule has 0 aromatic heterocycles. The zero-order chi connectivity index (χ0) is 20.9. The summed E-state index contributed by atoms with van der Waals surface area (Å²) in [6, 6.07) is 11.5. The van der Waals surface area contributed by atoms with Crippen LogP contribution in [0.15, 0.2) is 30.3 Å². The first-order valence-corrected chi connectivity index (χ1v) is 12.3. The Labute approximate surface area is 165 Å². The molecule has 1 amide bonds. The van der Waals surface area contributed by atoms with E-state index in [1.54, 1.807) is 0 Å². The summed E-state index contributed by atoms with van der Waals surface area (Å²) in [6.45, 7) is 16.0. The predicted octanol–water partition coefficient (Wildman–Crippen LogP) is 5.04. The van der Waals surface area contributed by atoms with Crippen LogP contribution >= 0.6 is 0 Å². The van der Waals surface area contributed by atoms with Crippen molar-refractivity contribution in [1.82, 2.24) is 5.32 Å². The van der Waals surface area contributed by atoms with Gasteiger partial charge in [-0.1, -0.05) is 51.1 Å². The number of nitriles is 1. The second kappa shape index (κ2) is 8.90. The second-order valence-electron chi connectivity index (χ2n) is 9.37. The highest BCUT2D eigenvalue weighted by Crippen LogP contribution is 2.37. The number of benzene rings is 1. The van der Waals surface area contributed by atoms with Crippen LogP contribution in [0.1, 0.15) is 47.1 Å². The Morgan fingerprint density at radius 2 is 1.70 bits per heavy atom. The molecule has 0 aliphatic heterocycles. The van der Waals surface area contributed by atoms with E-state index >= 15 is 0 Å². The summed E-state index contributed by atoms with van der Waals surface area (Å²) in [4.78, 5) is 12.4. The topological polar surface area (TPSA) is 71.3 Å². The quantitative estimate of drug-likeness (QED) is 0.691. The van der Waals surface area contributed by atoms with Gasteiger partial charge in [-0.25, -0.2) is 4.79 Å². The SMILES string of the molecule is CC(C)(C)OC(=O)N[C@H](Cc1ccccc1)[C@@H](C#N)O[Si](C)(C)C(C)(C)C. The maximum atomic E-state index is 12.4. The van der Waals surface area contributed by atoms with Gasteiger partial charge in [0.05, 0.1) is 12.1 Å². The molecule has 0 fully saturated rings. The van der Waals surface area contributed by atoms with Gasteiger partial charge in [0.1, 0.15) is 5.60 Å². The molecule has 0 radical (unpaired) electrons. The van der Waals surface area contributed by atoms with Crippen LogP contribution in [0.5, 0.6) is 0 Å². The average Bonchev–Trinajstić information content (AvgIpc) is 2.50. The van der Waals surface area contributed by atoms with E-state index in [4.69, 9.17) is 9.16 Å². The van der Waals surface area contributed by atoms with Crippen LogP contribution in [-0.4, -0.2) is 32.2 Å². The Balaban J connectivity index is 3.06. The van der Waals surface area contributed by atoms with E-state index in [1.807, 2.05) is 51.1 Å². The Kier molecular flexibility index (Phi) is 7.64. The van der Waals surface area contributed by atoms with E-state index in [2.05, 4.69) is 45.3 Å². The van der Waals surface area contributed by atoms with Crippen molar-refractivity contribution in [3.8, 4) is 6.07 Å². The summed E-state index contributed by atoms with van der Waals surface area (Å²) in [5.41, 5.74) is 0.418. The van der Waals surface area contributed by atoms with Crippen molar-refractivity contribution in [3.05, 3.63) is 35.9 Å². The van der Waals surface area contributed by atoms with Gasteiger partial charge in [0.15, 0.2) is 14.4 Å². The van der Waals surface area contributed by atoms with Gasteiger partial charge in [-0.05, 0) is 50.9 Å². The van der Waals surface area contributed by atoms with Gasteiger partial charge in [-0.2, -0.15) is 5.26 Å². The van der Waals surface area contributed by atoms with E-state index in [-0.39, 0.29) is 5.04 Å². The van der Waals surface area contributed by atoms with Crippen LogP contribution in [-0.2, 0) is 15.6 Å². The smallest absolute Gasteiger partial charge is 0.408 e. The van der Waals surface area contributed by atoms with E-state index in [1.165, 1.54) is 0 Å². The summed E-state index contributed by atoms with van der Waals surface area (Å²) >= 11 is 0. The Morgan fingerprint density at radius 3 is 2.15 bits per heavy atom. The molecule has 0 unspecified atom stereocenters. The van der Waals surface area contributed by atoms with Crippen molar-refractivity contribution in [2.75, 3.05) is 0 Å². The number of rotatable bonds is 6. The summed E-state index contributed by atoms with van der Waals surface area (Å²) in [5.74, 6) is 0. The number of carbonyl (C=O) groups excluding carboxylic acids is 1. The van der Waals surface area contributed by atoms with Crippen LogP contribution in [0.2, 0.25) is 18.1 Å². The van der Waals surface area contributed by atoms with Gasteiger partial charge >= 0.3 is 6.09 Å². The standard InChI is InChI=1S/C21H34N2O3Si/c1-20(2,3)25-19(24)23-17(14-16-12-10-9-11-13-16)18(15-22)26-27(7,8)21(4,5)6/h9-13,17-18H,14H2,1-8H3,(H,23,24)/t17-,18-/m1/s1. The number of alkyl carbamates (subject to hydrolysis) is 1. The van der Waals surface area contributed by atoms with Crippen LogP contribution in [0.25, 0.3) is 0 Å². The zero-order valence-corrected chi connectivity index (χ0v) is 18.9. The number of hydrogen-bond donors (Lipinski definition) is 1. The normalized spacial score (nSPS) is 14.8. The molecule has 27 heavy (non-hydrogen) atoms. The molecule has 5 nitrogen and oxygen atoms in total. The van der Waals surface area contributed by atoms with Crippen molar-refractivity contribution < 1.29 is 14.0 Å². The lowest BCUT2D eigenvalue weighted by Gasteiger charge is -2.39. The molecule has 0 spiro atoms. The number of nitrogens with one attached hydrogen (secondary N) is 1. The molecule has 0 heterocycles. The highest BCUT2D eigenvalue weighted by atomic mass is 28.4. The Hall–Kier alpha value is -1.84. The number of carbonyl (C=O) groups is 1. The van der Waals surface area contributed by atoms with Gasteiger partial charge in [-0.3, -0.25) is 0 Å². The van der Waals surface area contributed by atoms with Gasteiger partial charge < -0.3 is 14.5 Å². The predicted molar refractivity (Wildman–Crippen MR) is 111 cm³/mol. The lowest BCUT2D eigenvalue weighted by molar-refractivity contribution is 0.0464. The van der Waals surface area contributed by atoms with E-state index < -0.39 is 32.2 Å². The maximum absolute atomic E-state index is 12.4. The van der Waals surface area contributed by atoms with E-state index in [0.717, 1.165) is 5.56 Å². The Morgan fingerprint density at radius 1 is 1.15 bits per heavy atom. The maximum Gasteiger partial charge on any atom is 0.408 e. The summed E-state index contributed by atoms with van der Waals surface area (Å²) in [7, 11) is -2.18. The molecule has 2 atom stereocenters. The molecule has 1 rings (SSSR count). The summed E-state index contributed by atoms with van der Waals surface area (Å²) in [6.07, 6.45) is -0.798. The minimum absolute atomic E-state index is 0.0364. The zero-order valence-electron chi connectivity index (χ0n) is 17.9. The summed E-state index contributed by atoms with van der Waals surface area (Å²) < 4.78 is 11.7. The second-order valence-corrected chi connectivity index (χ2v) is 14.1. The Bertz CT molecular complexity index is 655. The third-order valence-corrected chi connectivity index (χ3v) is 9.18. The lowest BCUT2D eigenvalue weighted by atomic mass is 10.0. The molecule has 0 saturated carbocycles. The van der Waals surface area contributed by atoms with Crippen molar-refractivity contribution >= 4 is 14.4 Å². The third kappa shape index (κ3) is 7.73. The molecule has 150 valence electrons. The number of amides is 1. The number of ether oxygens (including phenoxy) is 1. The first kappa shape index (κ1) is 23.2. The minimum atomic E-state index is -2.18.